The zero-order valence-corrected chi connectivity index (χ0v) is 40.5. The van der Waals surface area contributed by atoms with Crippen LogP contribution in [0.3, 0.4) is 0 Å². The van der Waals surface area contributed by atoms with Crippen molar-refractivity contribution in [2.75, 3.05) is 0 Å². The Kier molecular flexibility index (Phi) is 12.9. The van der Waals surface area contributed by atoms with Crippen molar-refractivity contribution in [1.82, 2.24) is 0 Å². The number of hydrogen-bond acceptors (Lipinski definition) is 6. The summed E-state index contributed by atoms with van der Waals surface area (Å²) in [6, 6.07) is 0. The molecular formula is C37H78O6Si5. The highest BCUT2D eigenvalue weighted by molar-refractivity contribution is 6.75. The summed E-state index contributed by atoms with van der Waals surface area (Å²) in [7, 11) is -12.0. The van der Waals surface area contributed by atoms with Crippen LogP contribution < -0.4 is 0 Å². The smallest absolute Gasteiger partial charge is 0.192 e. The summed E-state index contributed by atoms with van der Waals surface area (Å²) in [6.07, 6.45) is 4.58. The van der Waals surface area contributed by atoms with Crippen LogP contribution in [0.5, 0.6) is 0 Å². The third-order valence-corrected chi connectivity index (χ3v) is 27.2. The number of hydrogen-bond donors (Lipinski definition) is 0. The number of carbonyl (C=O) groups excluding carboxylic acids is 1. The lowest BCUT2D eigenvalue weighted by atomic mass is 9.56. The molecule has 1 fully saturated rings. The van der Waals surface area contributed by atoms with E-state index in [0.717, 1.165) is 6.42 Å². The van der Waals surface area contributed by atoms with Gasteiger partial charge in [0.2, 0.25) is 0 Å². The lowest BCUT2D eigenvalue weighted by Crippen LogP contribution is -2.84. The molecule has 0 heterocycles. The Labute approximate surface area is 302 Å². The molecule has 6 atom stereocenters. The molecule has 0 aliphatic heterocycles. The number of carbonyl (C=O) groups is 1. The molecule has 2 rings (SSSR count). The van der Waals surface area contributed by atoms with Gasteiger partial charge in [-0.15, -0.1) is 0 Å². The van der Waals surface area contributed by atoms with Crippen LogP contribution in [-0.4, -0.2) is 76.9 Å². The molecule has 48 heavy (non-hydrogen) atoms. The Morgan fingerprint density at radius 3 is 1.42 bits per heavy atom. The summed E-state index contributed by atoms with van der Waals surface area (Å²) in [5.41, 5.74) is -2.33. The monoisotopic (exact) mass is 758 g/mol. The zero-order chi connectivity index (χ0) is 38.0. The van der Waals surface area contributed by atoms with E-state index in [4.69, 9.17) is 22.1 Å². The molecule has 0 radical (unpaired) electrons. The maximum atomic E-state index is 15.2. The van der Waals surface area contributed by atoms with E-state index in [9.17, 15) is 0 Å². The molecule has 1 saturated carbocycles. The number of fused-ring (bicyclic) bond motifs is 1. The van der Waals surface area contributed by atoms with Gasteiger partial charge in [-0.25, -0.2) is 0 Å². The molecule has 2 aliphatic carbocycles. The largest absolute Gasteiger partial charge is 0.411 e. The molecule has 0 saturated heterocycles. The van der Waals surface area contributed by atoms with Crippen molar-refractivity contribution in [1.29, 1.82) is 0 Å². The first-order chi connectivity index (χ1) is 21.0. The van der Waals surface area contributed by atoms with Gasteiger partial charge in [0, 0.05) is 5.92 Å². The van der Waals surface area contributed by atoms with E-state index < -0.39 is 71.1 Å². The fraction of sp³-hybridized carbons (Fsp3) is 0.919. The van der Waals surface area contributed by atoms with Crippen LogP contribution in [0.15, 0.2) is 12.2 Å². The van der Waals surface area contributed by atoms with Crippen LogP contribution in [0, 0.1) is 5.92 Å². The van der Waals surface area contributed by atoms with Crippen LogP contribution >= 0.6 is 0 Å². The van der Waals surface area contributed by atoms with Crippen molar-refractivity contribution >= 4 is 47.4 Å². The van der Waals surface area contributed by atoms with Crippen LogP contribution in [0.1, 0.15) is 88.5 Å². The van der Waals surface area contributed by atoms with Gasteiger partial charge in [0.15, 0.2) is 53.0 Å². The second-order valence-electron chi connectivity index (χ2n) is 21.4. The van der Waals surface area contributed by atoms with Gasteiger partial charge >= 0.3 is 0 Å². The highest BCUT2D eigenvalue weighted by Gasteiger charge is 2.75. The molecule has 0 N–H and O–H groups in total. The average molecular weight is 759 g/mol. The van der Waals surface area contributed by atoms with Crippen molar-refractivity contribution in [2.24, 2.45) is 5.92 Å². The van der Waals surface area contributed by atoms with Gasteiger partial charge in [0.05, 0.1) is 12.2 Å². The number of rotatable bonds is 12. The SMILES string of the molecule is CCC[C@]1(O[Si](C)(C)C)[C@@H](O[Si](C)(C)C(C)(C)C)[C@H](O[Si](C)(C)C(C)(C)C)[C@@H](O[Si](C)(C)C(C)(C)C)[C@H]2CC=CC(=O)[C@]21O[Si](C)(C)C. The van der Waals surface area contributed by atoms with Gasteiger partial charge < -0.3 is 22.1 Å². The molecule has 0 aromatic heterocycles. The normalized spacial score (nSPS) is 30.1. The minimum atomic E-state index is -2.49. The van der Waals surface area contributed by atoms with Crippen LogP contribution in [0.4, 0.5) is 0 Å². The van der Waals surface area contributed by atoms with Gasteiger partial charge in [0.25, 0.3) is 0 Å². The number of ketones is 1. The molecule has 0 bridgehead atoms. The fourth-order valence-electron chi connectivity index (χ4n) is 6.65. The first kappa shape index (κ1) is 44.5. The van der Waals surface area contributed by atoms with E-state index in [-0.39, 0.29) is 26.8 Å². The second-order valence-corrected chi connectivity index (χ2v) is 44.5. The first-order valence-corrected chi connectivity index (χ1v) is 34.2. The summed E-state index contributed by atoms with van der Waals surface area (Å²) in [6.45, 7) is 50.2. The highest BCUT2D eigenvalue weighted by atomic mass is 28.4. The van der Waals surface area contributed by atoms with E-state index in [1.807, 2.05) is 0 Å². The molecule has 0 amide bonds. The lowest BCUT2D eigenvalue weighted by molar-refractivity contribution is -0.268. The van der Waals surface area contributed by atoms with E-state index in [0.29, 0.717) is 12.8 Å². The van der Waals surface area contributed by atoms with Crippen molar-refractivity contribution in [2.45, 2.75) is 212 Å². The maximum Gasteiger partial charge on any atom is 0.192 e. The summed E-state index contributed by atoms with van der Waals surface area (Å²) >= 11 is 0. The summed E-state index contributed by atoms with van der Waals surface area (Å²) in [5.74, 6) is -0.279. The lowest BCUT2D eigenvalue weighted by Gasteiger charge is -2.68. The minimum Gasteiger partial charge on any atom is -0.411 e. The van der Waals surface area contributed by atoms with Gasteiger partial charge in [0.1, 0.15) is 11.7 Å². The van der Waals surface area contributed by atoms with Crippen molar-refractivity contribution < 1.29 is 26.9 Å². The predicted molar refractivity (Wildman–Crippen MR) is 218 cm³/mol. The minimum absolute atomic E-state index is 0.00585. The zero-order valence-electron chi connectivity index (χ0n) is 35.5. The summed E-state index contributed by atoms with van der Waals surface area (Å²) < 4.78 is 38.5. The van der Waals surface area contributed by atoms with Gasteiger partial charge in [-0.2, -0.15) is 0 Å². The fourth-order valence-corrected chi connectivity index (χ4v) is 13.4. The van der Waals surface area contributed by atoms with E-state index in [1.54, 1.807) is 6.08 Å². The Morgan fingerprint density at radius 2 is 1.04 bits per heavy atom. The molecule has 0 aromatic carbocycles. The predicted octanol–water partition coefficient (Wildman–Crippen LogP) is 11.3. The third kappa shape index (κ3) is 8.90. The van der Waals surface area contributed by atoms with Crippen molar-refractivity contribution in [3.63, 3.8) is 0 Å². The molecule has 282 valence electrons. The Hall–Kier alpha value is 0.294. The highest BCUT2D eigenvalue weighted by Crippen LogP contribution is 2.59. The van der Waals surface area contributed by atoms with Gasteiger partial charge in [-0.05, 0) is 113 Å². The number of allylic oxidation sites excluding steroid dienone is 1. The molecule has 6 nitrogen and oxygen atoms in total. The molecule has 0 spiro atoms. The summed E-state index contributed by atoms with van der Waals surface area (Å²) in [5, 5.41) is -0.176. The summed E-state index contributed by atoms with van der Waals surface area (Å²) in [4.78, 5) is 15.2. The Bertz CT molecular complexity index is 1170. The molecule has 2 aliphatic rings. The molecular weight excluding hydrogens is 681 g/mol. The van der Waals surface area contributed by atoms with Crippen LogP contribution in [0.25, 0.3) is 0 Å². The quantitative estimate of drug-likeness (QED) is 0.185. The molecule has 0 aromatic rings. The Balaban J connectivity index is 3.33. The molecule has 0 unspecified atom stereocenters. The van der Waals surface area contributed by atoms with Crippen molar-refractivity contribution in [3.05, 3.63) is 12.2 Å². The van der Waals surface area contributed by atoms with E-state index in [2.05, 4.69) is 154 Å². The van der Waals surface area contributed by atoms with Crippen LogP contribution in [0.2, 0.25) is 93.7 Å². The van der Waals surface area contributed by atoms with E-state index in [1.165, 1.54) is 0 Å². The second kappa shape index (κ2) is 13.9. The average Bonchev–Trinajstić information content (AvgIpc) is 2.81. The maximum absolute atomic E-state index is 15.2. The van der Waals surface area contributed by atoms with Crippen LogP contribution in [-0.2, 0) is 26.9 Å². The van der Waals surface area contributed by atoms with E-state index >= 15 is 4.79 Å². The third-order valence-electron chi connectivity index (χ3n) is 11.9. The molecule has 11 heteroatoms. The standard InChI is InChI=1S/C37H78O6Si5/c1-23-27-36(42-44(11,12)13)32(41-48(21,22)35(8,9)10)31(40-47(19,20)34(5,6)7)30(39-46(17,18)33(2,3)4)28-25-24-26-29(38)37(28,36)43-45(14,15)16/h24,26,28,30-32H,23,25,27H2,1-22H3/t28-,30+,31-,32+,36+,37-/m1/s1. The van der Waals surface area contributed by atoms with Crippen molar-refractivity contribution in [3.8, 4) is 0 Å². The first-order valence-electron chi connectivity index (χ1n) is 18.7. The Morgan fingerprint density at radius 1 is 0.646 bits per heavy atom. The van der Waals surface area contributed by atoms with Gasteiger partial charge in [-0.1, -0.05) is 81.7 Å². The van der Waals surface area contributed by atoms with Gasteiger partial charge in [-0.3, -0.25) is 4.79 Å². The topological polar surface area (TPSA) is 63.2 Å².